The number of rotatable bonds is 5. The lowest BCUT2D eigenvalue weighted by molar-refractivity contribution is 0.0970. The number of aryl methyl sites for hydroxylation is 2. The molecule has 2 aromatic rings. The minimum absolute atomic E-state index is 0.0744. The van der Waals surface area contributed by atoms with Crippen molar-refractivity contribution in [3.63, 3.8) is 0 Å². The maximum Gasteiger partial charge on any atom is 0.183 e. The summed E-state index contributed by atoms with van der Waals surface area (Å²) in [6.07, 6.45) is 2.25. The second-order valence-electron chi connectivity index (χ2n) is 4.11. The van der Waals surface area contributed by atoms with Crippen molar-refractivity contribution < 1.29 is 4.79 Å². The number of nitrogens with zero attached hydrogens (tertiary/aromatic N) is 3. The molecule has 4 nitrogen and oxygen atoms in total. The molecule has 0 spiro atoms. The molecule has 1 aromatic heterocycles. The Bertz CT molecular complexity index is 517. The molecule has 0 bridgehead atoms. The van der Waals surface area contributed by atoms with Gasteiger partial charge in [-0.1, -0.05) is 35.5 Å². The Balaban J connectivity index is 1.90. The van der Waals surface area contributed by atoms with Crippen molar-refractivity contribution in [3.8, 4) is 0 Å². The first kappa shape index (κ1) is 13.0. The van der Waals surface area contributed by atoms with Crippen LogP contribution in [0.4, 0.5) is 0 Å². The van der Waals surface area contributed by atoms with Gasteiger partial charge in [-0.25, -0.2) is 4.68 Å². The van der Waals surface area contributed by atoms with Crippen LogP contribution >= 0.6 is 15.9 Å². The molecule has 0 atom stereocenters. The number of carbonyl (C=O) groups is 1. The maximum absolute atomic E-state index is 12.0. The fourth-order valence-corrected chi connectivity index (χ4v) is 2.39. The predicted octanol–water partition coefficient (Wildman–Crippen LogP) is 2.78. The molecule has 0 saturated heterocycles. The quantitative estimate of drug-likeness (QED) is 0.798. The van der Waals surface area contributed by atoms with Gasteiger partial charge in [0.15, 0.2) is 10.4 Å². The first-order valence-electron chi connectivity index (χ1n) is 5.81. The Kier molecular flexibility index (Phi) is 4.25. The highest BCUT2D eigenvalue weighted by Gasteiger charge is 2.16. The van der Waals surface area contributed by atoms with Crippen LogP contribution in [0.1, 0.15) is 28.9 Å². The zero-order valence-electron chi connectivity index (χ0n) is 10.1. The average molecular weight is 308 g/mol. The Morgan fingerprint density at radius 3 is 2.67 bits per heavy atom. The van der Waals surface area contributed by atoms with Crippen LogP contribution in [0.5, 0.6) is 0 Å². The number of benzene rings is 1. The number of halogens is 1. The number of hydrogen-bond donors (Lipinski definition) is 0. The summed E-state index contributed by atoms with van der Waals surface area (Å²) < 4.78 is 2.03. The van der Waals surface area contributed by atoms with Crippen LogP contribution < -0.4 is 0 Å². The van der Waals surface area contributed by atoms with E-state index in [2.05, 4.69) is 38.4 Å². The normalized spacial score (nSPS) is 10.6. The summed E-state index contributed by atoms with van der Waals surface area (Å²) in [5, 5.41) is 7.61. The third kappa shape index (κ3) is 3.04. The lowest BCUT2D eigenvalue weighted by atomic mass is 10.1. The lowest BCUT2D eigenvalue weighted by Gasteiger charge is -2.02. The number of hydrogen-bond acceptors (Lipinski definition) is 3. The monoisotopic (exact) mass is 307 g/mol. The van der Waals surface area contributed by atoms with Crippen LogP contribution in [0.25, 0.3) is 0 Å². The molecule has 0 N–H and O–H groups in total. The number of aromatic nitrogens is 3. The van der Waals surface area contributed by atoms with E-state index in [0.29, 0.717) is 16.7 Å². The topological polar surface area (TPSA) is 47.8 Å². The van der Waals surface area contributed by atoms with Gasteiger partial charge in [-0.05, 0) is 34.3 Å². The van der Waals surface area contributed by atoms with Gasteiger partial charge in [0, 0.05) is 13.5 Å². The molecule has 5 heteroatoms. The SMILES string of the molecule is Cn1nnc(Br)c1C(=O)CCCc1ccccc1. The molecule has 1 aromatic carbocycles. The minimum atomic E-state index is 0.0744. The molecule has 94 valence electrons. The third-order valence-corrected chi connectivity index (χ3v) is 3.30. The lowest BCUT2D eigenvalue weighted by Crippen LogP contribution is -2.07. The summed E-state index contributed by atoms with van der Waals surface area (Å²) in [5.74, 6) is 0.0744. The number of ketones is 1. The highest BCUT2D eigenvalue weighted by Crippen LogP contribution is 2.15. The second-order valence-corrected chi connectivity index (χ2v) is 4.87. The fraction of sp³-hybridized carbons (Fsp3) is 0.308. The summed E-state index contributed by atoms with van der Waals surface area (Å²) in [4.78, 5) is 12.0. The Morgan fingerprint density at radius 2 is 2.06 bits per heavy atom. The largest absolute Gasteiger partial charge is 0.292 e. The van der Waals surface area contributed by atoms with Crippen LogP contribution in [0, 0.1) is 0 Å². The smallest absolute Gasteiger partial charge is 0.183 e. The van der Waals surface area contributed by atoms with Gasteiger partial charge in [0.2, 0.25) is 0 Å². The summed E-state index contributed by atoms with van der Waals surface area (Å²) in [6, 6.07) is 10.2. The molecule has 0 amide bonds. The highest BCUT2D eigenvalue weighted by molar-refractivity contribution is 9.10. The van der Waals surface area contributed by atoms with E-state index in [1.54, 1.807) is 7.05 Å². The van der Waals surface area contributed by atoms with Crippen LogP contribution in [0.15, 0.2) is 34.9 Å². The van der Waals surface area contributed by atoms with Crippen molar-refractivity contribution >= 4 is 21.7 Å². The fourth-order valence-electron chi connectivity index (χ4n) is 1.84. The molecule has 0 saturated carbocycles. The van der Waals surface area contributed by atoms with Crippen molar-refractivity contribution in [2.75, 3.05) is 0 Å². The Labute approximate surface area is 114 Å². The number of carbonyl (C=O) groups excluding carboxylic acids is 1. The van der Waals surface area contributed by atoms with Gasteiger partial charge in [-0.2, -0.15) is 0 Å². The third-order valence-electron chi connectivity index (χ3n) is 2.76. The van der Waals surface area contributed by atoms with Crippen molar-refractivity contribution in [1.29, 1.82) is 0 Å². The standard InChI is InChI=1S/C13H14BrN3O/c1-17-12(13(14)15-16-17)11(18)9-5-8-10-6-3-2-4-7-10/h2-4,6-7H,5,8-9H2,1H3. The van der Waals surface area contributed by atoms with E-state index < -0.39 is 0 Å². The molecule has 0 fully saturated rings. The molecule has 0 aliphatic heterocycles. The van der Waals surface area contributed by atoms with Gasteiger partial charge in [-0.3, -0.25) is 4.79 Å². The molecule has 0 radical (unpaired) electrons. The predicted molar refractivity (Wildman–Crippen MR) is 72.4 cm³/mol. The summed E-state index contributed by atoms with van der Waals surface area (Å²) >= 11 is 3.24. The van der Waals surface area contributed by atoms with Crippen molar-refractivity contribution in [1.82, 2.24) is 15.0 Å². The van der Waals surface area contributed by atoms with Crippen LogP contribution in [0.2, 0.25) is 0 Å². The van der Waals surface area contributed by atoms with Gasteiger partial charge in [0.1, 0.15) is 5.69 Å². The second kappa shape index (κ2) is 5.91. The Morgan fingerprint density at radius 1 is 1.33 bits per heavy atom. The summed E-state index contributed by atoms with van der Waals surface area (Å²) in [7, 11) is 1.72. The van der Waals surface area contributed by atoms with Crippen LogP contribution in [-0.4, -0.2) is 20.8 Å². The number of Topliss-reactive ketones (excluding diaryl/α,β-unsaturated/α-hetero) is 1. The molecule has 0 unspecified atom stereocenters. The van der Waals surface area contributed by atoms with E-state index in [0.717, 1.165) is 12.8 Å². The van der Waals surface area contributed by atoms with E-state index in [1.165, 1.54) is 10.2 Å². The van der Waals surface area contributed by atoms with Crippen molar-refractivity contribution in [3.05, 3.63) is 46.2 Å². The maximum atomic E-state index is 12.0. The zero-order valence-corrected chi connectivity index (χ0v) is 11.7. The van der Waals surface area contributed by atoms with Crippen molar-refractivity contribution in [2.45, 2.75) is 19.3 Å². The van der Waals surface area contributed by atoms with Gasteiger partial charge in [0.05, 0.1) is 0 Å². The average Bonchev–Trinajstić information content (AvgIpc) is 2.70. The molecule has 0 aliphatic carbocycles. The summed E-state index contributed by atoms with van der Waals surface area (Å²) in [6.45, 7) is 0. The first-order chi connectivity index (χ1) is 8.68. The van der Waals surface area contributed by atoms with Crippen LogP contribution in [0.3, 0.4) is 0 Å². The van der Waals surface area contributed by atoms with E-state index in [1.807, 2.05) is 18.2 Å². The van der Waals surface area contributed by atoms with E-state index in [4.69, 9.17) is 0 Å². The molecular weight excluding hydrogens is 294 g/mol. The van der Waals surface area contributed by atoms with Gasteiger partial charge in [-0.15, -0.1) is 5.10 Å². The molecule has 1 heterocycles. The van der Waals surface area contributed by atoms with E-state index >= 15 is 0 Å². The Hall–Kier alpha value is -1.49. The molecular formula is C13H14BrN3O. The molecule has 2 rings (SSSR count). The minimum Gasteiger partial charge on any atom is -0.292 e. The summed E-state index contributed by atoms with van der Waals surface area (Å²) in [5.41, 5.74) is 1.80. The van der Waals surface area contributed by atoms with Crippen LogP contribution in [-0.2, 0) is 13.5 Å². The van der Waals surface area contributed by atoms with E-state index in [-0.39, 0.29) is 5.78 Å². The molecule has 18 heavy (non-hydrogen) atoms. The zero-order chi connectivity index (χ0) is 13.0. The highest BCUT2D eigenvalue weighted by atomic mass is 79.9. The van der Waals surface area contributed by atoms with Crippen molar-refractivity contribution in [2.24, 2.45) is 7.05 Å². The van der Waals surface area contributed by atoms with Gasteiger partial charge < -0.3 is 0 Å². The van der Waals surface area contributed by atoms with Gasteiger partial charge in [0.25, 0.3) is 0 Å². The van der Waals surface area contributed by atoms with E-state index in [9.17, 15) is 4.79 Å². The first-order valence-corrected chi connectivity index (χ1v) is 6.60. The van der Waals surface area contributed by atoms with Gasteiger partial charge >= 0.3 is 0 Å². The molecule has 0 aliphatic rings.